The van der Waals surface area contributed by atoms with Gasteiger partial charge >= 0.3 is 0 Å². The molecule has 0 fully saturated rings. The number of fused-ring (bicyclic) bond motifs is 1. The molecule has 3 heterocycles. The van der Waals surface area contributed by atoms with Crippen LogP contribution < -0.4 is 5.32 Å². The van der Waals surface area contributed by atoms with Crippen molar-refractivity contribution in [1.82, 2.24) is 30.4 Å². The number of carbonyl (C=O) groups is 1. The van der Waals surface area contributed by atoms with Crippen LogP contribution in [0.5, 0.6) is 0 Å². The Balaban J connectivity index is 1.56. The van der Waals surface area contributed by atoms with E-state index in [4.69, 9.17) is 14.7 Å². The van der Waals surface area contributed by atoms with E-state index in [1.807, 2.05) is 31.2 Å². The number of hydrogen-bond acceptors (Lipinski definition) is 7. The highest BCUT2D eigenvalue weighted by Crippen LogP contribution is 2.26. The van der Waals surface area contributed by atoms with E-state index in [0.29, 0.717) is 23.1 Å². The summed E-state index contributed by atoms with van der Waals surface area (Å²) in [6.45, 7) is 3.69. The number of benzene rings is 1. The van der Waals surface area contributed by atoms with Gasteiger partial charge < -0.3 is 24.5 Å². The zero-order chi connectivity index (χ0) is 20.5. The van der Waals surface area contributed by atoms with E-state index in [1.54, 1.807) is 6.92 Å². The second-order valence-electron chi connectivity index (χ2n) is 6.49. The Hall–Kier alpha value is -3.95. The Morgan fingerprint density at radius 2 is 2.07 bits per heavy atom. The highest BCUT2D eigenvalue weighted by molar-refractivity contribution is 5.97. The Morgan fingerprint density at radius 3 is 2.79 bits per heavy atom. The molecule has 4 rings (SSSR count). The third-order valence-electron chi connectivity index (χ3n) is 4.42. The maximum atomic E-state index is 12.4. The minimum Gasteiger partial charge on any atom is -0.480 e. The number of amides is 1. The molecule has 4 aromatic rings. The van der Waals surface area contributed by atoms with E-state index in [0.717, 1.165) is 22.2 Å². The molecule has 0 aliphatic heterocycles. The topological polar surface area (TPSA) is 146 Å². The number of rotatable bonds is 5. The van der Waals surface area contributed by atoms with Gasteiger partial charge in [-0.15, -0.1) is 0 Å². The standard InChI is InChI=1S/C19H19N7O3/c1-9-16(11-4-5-13-12(6-11)7-14(24-13)17(20)28-3)25-18(22-9)19(27)21-8-15-23-10(2)29-26-15/h4-7,20,24H,8H2,1-3H3,(H,21,27)(H,22,25). The number of aromatic nitrogens is 5. The number of methoxy groups -OCH3 is 1. The van der Waals surface area contributed by atoms with Gasteiger partial charge in [0.1, 0.15) is 5.69 Å². The second-order valence-corrected chi connectivity index (χ2v) is 6.49. The van der Waals surface area contributed by atoms with E-state index in [9.17, 15) is 4.79 Å². The maximum absolute atomic E-state index is 12.4. The predicted molar refractivity (Wildman–Crippen MR) is 105 cm³/mol. The second kappa shape index (κ2) is 7.23. The summed E-state index contributed by atoms with van der Waals surface area (Å²) in [5.41, 5.74) is 3.78. The van der Waals surface area contributed by atoms with E-state index < -0.39 is 0 Å². The monoisotopic (exact) mass is 393 g/mol. The van der Waals surface area contributed by atoms with Crippen LogP contribution in [0.1, 0.15) is 33.7 Å². The average molecular weight is 393 g/mol. The van der Waals surface area contributed by atoms with Gasteiger partial charge in [0.25, 0.3) is 5.91 Å². The van der Waals surface area contributed by atoms with Crippen LogP contribution in [0.4, 0.5) is 0 Å². The molecule has 0 spiro atoms. The molecule has 0 atom stereocenters. The van der Waals surface area contributed by atoms with Gasteiger partial charge in [-0.1, -0.05) is 11.2 Å². The minimum absolute atomic E-state index is 0.0643. The first-order valence-corrected chi connectivity index (χ1v) is 8.84. The number of aromatic amines is 2. The van der Waals surface area contributed by atoms with Crippen molar-refractivity contribution in [2.75, 3.05) is 7.11 Å². The molecule has 10 heteroatoms. The number of ether oxygens (including phenoxy) is 1. The number of carbonyl (C=O) groups excluding carboxylic acids is 1. The molecule has 0 unspecified atom stereocenters. The fraction of sp³-hybridized carbons (Fsp3) is 0.211. The fourth-order valence-corrected chi connectivity index (χ4v) is 3.02. The van der Waals surface area contributed by atoms with Gasteiger partial charge in [0, 0.05) is 29.1 Å². The number of nitrogens with one attached hydrogen (secondary N) is 4. The largest absolute Gasteiger partial charge is 0.480 e. The normalized spacial score (nSPS) is 11.0. The van der Waals surface area contributed by atoms with Gasteiger partial charge in [0.05, 0.1) is 19.3 Å². The first-order valence-electron chi connectivity index (χ1n) is 8.84. The Labute approximate surface area is 165 Å². The number of H-pyrrole nitrogens is 2. The lowest BCUT2D eigenvalue weighted by molar-refractivity contribution is 0.0940. The molecule has 29 heavy (non-hydrogen) atoms. The van der Waals surface area contributed by atoms with Crippen molar-refractivity contribution in [3.8, 4) is 11.3 Å². The molecular formula is C19H19N7O3. The molecule has 0 bridgehead atoms. The van der Waals surface area contributed by atoms with Crippen molar-refractivity contribution >= 4 is 22.7 Å². The molecular weight excluding hydrogens is 374 g/mol. The number of aryl methyl sites for hydroxylation is 2. The van der Waals surface area contributed by atoms with Crippen LogP contribution >= 0.6 is 0 Å². The maximum Gasteiger partial charge on any atom is 0.287 e. The van der Waals surface area contributed by atoms with Gasteiger partial charge in [0.2, 0.25) is 11.8 Å². The van der Waals surface area contributed by atoms with Gasteiger partial charge in [-0.05, 0) is 25.1 Å². The number of hydrogen-bond donors (Lipinski definition) is 4. The third-order valence-corrected chi connectivity index (χ3v) is 4.42. The SMILES string of the molecule is COC(=N)c1cc2cc(-c3nc(C(=O)NCc4noc(C)n4)[nH]c3C)ccc2[nH]1. The Bertz CT molecular complexity index is 1220. The molecule has 0 aliphatic rings. The highest BCUT2D eigenvalue weighted by Gasteiger charge is 2.16. The van der Waals surface area contributed by atoms with Crippen LogP contribution in [-0.4, -0.2) is 44.0 Å². The molecule has 3 aromatic heterocycles. The molecule has 10 nitrogen and oxygen atoms in total. The predicted octanol–water partition coefficient (Wildman–Crippen LogP) is 2.46. The van der Waals surface area contributed by atoms with Gasteiger partial charge in [0.15, 0.2) is 11.6 Å². The molecule has 1 aromatic carbocycles. The summed E-state index contributed by atoms with van der Waals surface area (Å²) in [5, 5.41) is 15.2. The lowest BCUT2D eigenvalue weighted by Crippen LogP contribution is -2.24. The molecule has 0 aliphatic carbocycles. The van der Waals surface area contributed by atoms with Crippen LogP contribution in [0.3, 0.4) is 0 Å². The Morgan fingerprint density at radius 1 is 1.24 bits per heavy atom. The van der Waals surface area contributed by atoms with Crippen molar-refractivity contribution in [2.24, 2.45) is 0 Å². The fourth-order valence-electron chi connectivity index (χ4n) is 3.02. The average Bonchev–Trinajstić information content (AvgIpc) is 3.42. The first-order chi connectivity index (χ1) is 13.9. The van der Waals surface area contributed by atoms with Crippen molar-refractivity contribution in [2.45, 2.75) is 20.4 Å². The summed E-state index contributed by atoms with van der Waals surface area (Å²) in [4.78, 5) is 27.1. The van der Waals surface area contributed by atoms with E-state index in [2.05, 4.69) is 30.4 Å². The lowest BCUT2D eigenvalue weighted by atomic mass is 10.1. The van der Waals surface area contributed by atoms with Gasteiger partial charge in [-0.3, -0.25) is 10.2 Å². The van der Waals surface area contributed by atoms with Gasteiger partial charge in [-0.25, -0.2) is 4.98 Å². The zero-order valence-corrected chi connectivity index (χ0v) is 16.1. The zero-order valence-electron chi connectivity index (χ0n) is 16.1. The molecule has 0 radical (unpaired) electrons. The smallest absolute Gasteiger partial charge is 0.287 e. The van der Waals surface area contributed by atoms with Crippen molar-refractivity contribution in [3.05, 3.63) is 53.2 Å². The van der Waals surface area contributed by atoms with Crippen LogP contribution in [0.2, 0.25) is 0 Å². The molecule has 148 valence electrons. The van der Waals surface area contributed by atoms with E-state index in [-0.39, 0.29) is 24.2 Å². The number of imidazole rings is 1. The summed E-state index contributed by atoms with van der Waals surface area (Å²) in [6.07, 6.45) is 0. The van der Waals surface area contributed by atoms with Crippen molar-refractivity contribution in [3.63, 3.8) is 0 Å². The third kappa shape index (κ3) is 3.59. The molecule has 1 amide bonds. The summed E-state index contributed by atoms with van der Waals surface area (Å²) in [5.74, 6) is 0.743. The van der Waals surface area contributed by atoms with Crippen LogP contribution in [0.15, 0.2) is 28.8 Å². The summed E-state index contributed by atoms with van der Waals surface area (Å²) >= 11 is 0. The highest BCUT2D eigenvalue weighted by atomic mass is 16.5. The molecule has 0 saturated carbocycles. The lowest BCUT2D eigenvalue weighted by Gasteiger charge is -1.99. The minimum atomic E-state index is -0.361. The van der Waals surface area contributed by atoms with E-state index in [1.165, 1.54) is 7.11 Å². The Kier molecular flexibility index (Phi) is 4.59. The van der Waals surface area contributed by atoms with Crippen LogP contribution in [0.25, 0.3) is 22.2 Å². The summed E-state index contributed by atoms with van der Waals surface area (Å²) in [6, 6.07) is 7.61. The van der Waals surface area contributed by atoms with Crippen LogP contribution in [-0.2, 0) is 11.3 Å². The first kappa shape index (κ1) is 18.4. The van der Waals surface area contributed by atoms with Crippen molar-refractivity contribution in [1.29, 1.82) is 5.41 Å². The van der Waals surface area contributed by atoms with E-state index >= 15 is 0 Å². The number of nitrogens with zero attached hydrogens (tertiary/aromatic N) is 3. The van der Waals surface area contributed by atoms with Crippen LogP contribution in [0, 0.1) is 19.3 Å². The summed E-state index contributed by atoms with van der Waals surface area (Å²) in [7, 11) is 1.46. The van der Waals surface area contributed by atoms with Gasteiger partial charge in [-0.2, -0.15) is 4.98 Å². The quantitative estimate of drug-likeness (QED) is 0.303. The molecule has 0 saturated heterocycles. The van der Waals surface area contributed by atoms with Crippen molar-refractivity contribution < 1.29 is 14.1 Å². The summed E-state index contributed by atoms with van der Waals surface area (Å²) < 4.78 is 9.84. The molecule has 4 N–H and O–H groups in total.